The second-order valence-corrected chi connectivity index (χ2v) is 9.29. The van der Waals surface area contributed by atoms with E-state index in [1.54, 1.807) is 14.0 Å². The van der Waals surface area contributed by atoms with Crippen LogP contribution in [0.1, 0.15) is 56.0 Å². The fraction of sp³-hybridized carbons (Fsp3) is 0.652. The van der Waals surface area contributed by atoms with Crippen LogP contribution in [0.3, 0.4) is 0 Å². The highest BCUT2D eigenvalue weighted by atomic mass is 35.5. The number of piperidine rings is 1. The first kappa shape index (κ1) is 24.6. The monoisotopic (exact) mass is 468 g/mol. The van der Waals surface area contributed by atoms with E-state index in [9.17, 15) is 9.59 Å². The van der Waals surface area contributed by atoms with Gasteiger partial charge in [-0.3, -0.25) is 4.79 Å². The number of anilines is 1. The van der Waals surface area contributed by atoms with E-state index >= 15 is 0 Å². The predicted molar refractivity (Wildman–Crippen MR) is 121 cm³/mol. The van der Waals surface area contributed by atoms with Crippen LogP contribution >= 0.6 is 11.6 Å². The number of fused-ring (bicyclic) bond motifs is 1. The summed E-state index contributed by atoms with van der Waals surface area (Å²) in [5.41, 5.74) is 7.12. The second-order valence-electron chi connectivity index (χ2n) is 8.88. The molecule has 1 saturated heterocycles. The molecule has 2 heterocycles. The number of likely N-dealkylation sites (tertiary alicyclic amines) is 1. The molecule has 1 aromatic carbocycles. The van der Waals surface area contributed by atoms with Crippen LogP contribution in [-0.4, -0.2) is 68.0 Å². The number of nitrogen functional groups attached to an aromatic ring is 1. The number of hydrogen-bond acceptors (Lipinski definition) is 8. The van der Waals surface area contributed by atoms with Gasteiger partial charge in [0.1, 0.15) is 29.1 Å². The molecule has 32 heavy (non-hydrogen) atoms. The fourth-order valence-corrected chi connectivity index (χ4v) is 4.51. The van der Waals surface area contributed by atoms with Gasteiger partial charge in [0.15, 0.2) is 0 Å². The van der Waals surface area contributed by atoms with Crippen LogP contribution in [0.25, 0.3) is 0 Å². The summed E-state index contributed by atoms with van der Waals surface area (Å²) in [5, 5.41) is 0.316. The molecule has 0 aliphatic carbocycles. The molecule has 8 nitrogen and oxygen atoms in total. The minimum absolute atomic E-state index is 0.181. The Hall–Kier alpha value is -2.03. The number of halogens is 1. The lowest BCUT2D eigenvalue weighted by Crippen LogP contribution is -2.49. The van der Waals surface area contributed by atoms with E-state index in [4.69, 9.17) is 36.3 Å². The summed E-state index contributed by atoms with van der Waals surface area (Å²) < 4.78 is 22.4. The largest absolute Gasteiger partial charge is 0.486 e. The average Bonchev–Trinajstić information content (AvgIpc) is 3.07. The highest BCUT2D eigenvalue weighted by molar-refractivity contribution is 6.33. The van der Waals surface area contributed by atoms with Crippen molar-refractivity contribution in [3.8, 4) is 5.75 Å². The average molecular weight is 469 g/mol. The Morgan fingerprint density at radius 2 is 2.09 bits per heavy atom. The molecule has 0 spiro atoms. The van der Waals surface area contributed by atoms with Crippen LogP contribution in [0.2, 0.25) is 5.02 Å². The highest BCUT2D eigenvalue weighted by Crippen LogP contribution is 2.44. The molecule has 1 fully saturated rings. The quantitative estimate of drug-likeness (QED) is 0.458. The molecule has 0 saturated carbocycles. The standard InChI is InChI=1S/C23H33ClN2O6/c1-5-30-19(27)7-6-9-26-10-8-17(18(13-26)29-4)31-22(28)14-11-16(24)20(25)15-12-23(2,3)32-21(14)15/h11,17-18H,5-10,12-13,25H2,1-4H3. The van der Waals surface area contributed by atoms with Gasteiger partial charge in [0.25, 0.3) is 0 Å². The van der Waals surface area contributed by atoms with Crippen LogP contribution in [0.4, 0.5) is 5.69 Å². The molecule has 0 aromatic heterocycles. The molecule has 2 atom stereocenters. The van der Waals surface area contributed by atoms with Gasteiger partial charge in [0, 0.05) is 38.6 Å². The molecular formula is C23H33ClN2O6. The predicted octanol–water partition coefficient (Wildman–Crippen LogP) is 3.23. The summed E-state index contributed by atoms with van der Waals surface area (Å²) in [5.74, 6) is -0.226. The first-order chi connectivity index (χ1) is 15.1. The zero-order chi connectivity index (χ0) is 23.5. The van der Waals surface area contributed by atoms with Crippen LogP contribution in [-0.2, 0) is 25.4 Å². The summed E-state index contributed by atoms with van der Waals surface area (Å²) in [4.78, 5) is 26.8. The zero-order valence-electron chi connectivity index (χ0n) is 19.2. The molecule has 2 aliphatic rings. The van der Waals surface area contributed by atoms with Crippen molar-refractivity contribution in [2.24, 2.45) is 0 Å². The van der Waals surface area contributed by atoms with Gasteiger partial charge in [-0.2, -0.15) is 0 Å². The smallest absolute Gasteiger partial charge is 0.342 e. The molecule has 2 aliphatic heterocycles. The Labute approximate surface area is 194 Å². The van der Waals surface area contributed by atoms with Crippen molar-refractivity contribution in [2.75, 3.05) is 39.1 Å². The van der Waals surface area contributed by atoms with E-state index in [0.717, 1.165) is 18.7 Å². The second kappa shape index (κ2) is 10.3. The first-order valence-electron chi connectivity index (χ1n) is 11.1. The number of rotatable bonds is 8. The van der Waals surface area contributed by atoms with Crippen molar-refractivity contribution < 1.29 is 28.5 Å². The van der Waals surface area contributed by atoms with E-state index in [1.165, 1.54) is 6.07 Å². The number of benzene rings is 1. The maximum absolute atomic E-state index is 13.1. The number of methoxy groups -OCH3 is 1. The normalized spacial score (nSPS) is 22.2. The van der Waals surface area contributed by atoms with E-state index in [0.29, 0.717) is 55.3 Å². The molecule has 2 N–H and O–H groups in total. The Morgan fingerprint density at radius 1 is 1.34 bits per heavy atom. The highest BCUT2D eigenvalue weighted by Gasteiger charge is 2.38. The van der Waals surface area contributed by atoms with Crippen LogP contribution < -0.4 is 10.5 Å². The summed E-state index contributed by atoms with van der Waals surface area (Å²) in [6, 6.07) is 1.52. The van der Waals surface area contributed by atoms with E-state index < -0.39 is 17.7 Å². The summed E-state index contributed by atoms with van der Waals surface area (Å²) in [6.45, 7) is 8.18. The van der Waals surface area contributed by atoms with Crippen LogP contribution in [0, 0.1) is 0 Å². The molecule has 9 heteroatoms. The lowest BCUT2D eigenvalue weighted by Gasteiger charge is -2.37. The minimum atomic E-state index is -0.497. The van der Waals surface area contributed by atoms with Gasteiger partial charge >= 0.3 is 11.9 Å². The number of carbonyl (C=O) groups is 2. The van der Waals surface area contributed by atoms with E-state index in [-0.39, 0.29) is 17.6 Å². The molecule has 0 radical (unpaired) electrons. The van der Waals surface area contributed by atoms with E-state index in [2.05, 4.69) is 4.90 Å². The number of esters is 2. The summed E-state index contributed by atoms with van der Waals surface area (Å²) in [6.07, 6.45) is 1.63. The maximum atomic E-state index is 13.1. The van der Waals surface area contributed by atoms with Crippen molar-refractivity contribution in [3.05, 3.63) is 22.2 Å². The van der Waals surface area contributed by atoms with Gasteiger partial charge < -0.3 is 29.6 Å². The van der Waals surface area contributed by atoms with Gasteiger partial charge in [-0.05, 0) is 46.2 Å². The van der Waals surface area contributed by atoms with Crippen molar-refractivity contribution in [2.45, 2.75) is 64.3 Å². The van der Waals surface area contributed by atoms with Crippen molar-refractivity contribution >= 4 is 29.2 Å². The molecule has 178 valence electrons. The third kappa shape index (κ3) is 5.66. The van der Waals surface area contributed by atoms with Crippen molar-refractivity contribution in [1.82, 2.24) is 4.90 Å². The maximum Gasteiger partial charge on any atom is 0.342 e. The Kier molecular flexibility index (Phi) is 7.90. The zero-order valence-corrected chi connectivity index (χ0v) is 20.0. The molecular weight excluding hydrogens is 436 g/mol. The van der Waals surface area contributed by atoms with Crippen molar-refractivity contribution in [3.63, 3.8) is 0 Å². The van der Waals surface area contributed by atoms with Crippen molar-refractivity contribution in [1.29, 1.82) is 0 Å². The van der Waals surface area contributed by atoms with Gasteiger partial charge in [-0.25, -0.2) is 4.79 Å². The Balaban J connectivity index is 1.62. The van der Waals surface area contributed by atoms with Gasteiger partial charge in [-0.15, -0.1) is 0 Å². The van der Waals surface area contributed by atoms with Gasteiger partial charge in [0.05, 0.1) is 17.3 Å². The Bertz CT molecular complexity index is 859. The summed E-state index contributed by atoms with van der Waals surface area (Å²) >= 11 is 6.29. The molecule has 0 bridgehead atoms. The summed E-state index contributed by atoms with van der Waals surface area (Å²) in [7, 11) is 1.61. The molecule has 3 rings (SSSR count). The fourth-order valence-electron chi connectivity index (χ4n) is 4.29. The first-order valence-corrected chi connectivity index (χ1v) is 11.4. The minimum Gasteiger partial charge on any atom is -0.486 e. The number of carbonyl (C=O) groups excluding carboxylic acids is 2. The lowest BCUT2D eigenvalue weighted by molar-refractivity contribution is -0.143. The topological polar surface area (TPSA) is 100 Å². The SMILES string of the molecule is CCOC(=O)CCCN1CCC(OC(=O)c2cc(Cl)c(N)c3c2OC(C)(C)C3)C(OC)C1. The van der Waals surface area contributed by atoms with Gasteiger partial charge in [0.2, 0.25) is 0 Å². The molecule has 2 unspecified atom stereocenters. The number of ether oxygens (including phenoxy) is 4. The lowest BCUT2D eigenvalue weighted by atomic mass is 9.98. The third-order valence-electron chi connectivity index (χ3n) is 5.88. The van der Waals surface area contributed by atoms with Crippen LogP contribution in [0.5, 0.6) is 5.75 Å². The Morgan fingerprint density at radius 3 is 2.78 bits per heavy atom. The van der Waals surface area contributed by atoms with Crippen LogP contribution in [0.15, 0.2) is 6.07 Å². The van der Waals surface area contributed by atoms with E-state index in [1.807, 2.05) is 13.8 Å². The number of hydrogen-bond donors (Lipinski definition) is 1. The molecule has 0 amide bonds. The number of nitrogens with zero attached hydrogens (tertiary/aromatic N) is 1. The molecule has 1 aromatic rings. The third-order valence-corrected chi connectivity index (χ3v) is 6.19. The van der Waals surface area contributed by atoms with Gasteiger partial charge in [-0.1, -0.05) is 11.6 Å². The number of nitrogens with two attached hydrogens (primary N) is 1.